The molecule has 4 aromatic rings. The highest BCUT2D eigenvalue weighted by Gasteiger charge is 2.30. The number of phenolic OH excluding ortho intramolecular Hbond substituents is 1. The lowest BCUT2D eigenvalue weighted by Gasteiger charge is -2.20. The van der Waals surface area contributed by atoms with Gasteiger partial charge in [-0.1, -0.05) is 48.0 Å². The maximum atomic E-state index is 13.2. The van der Waals surface area contributed by atoms with E-state index in [2.05, 4.69) is 16.0 Å². The van der Waals surface area contributed by atoms with Crippen LogP contribution in [0.2, 0.25) is 5.02 Å². The number of hydrogen-bond acceptors (Lipinski definition) is 6. The highest BCUT2D eigenvalue weighted by Crippen LogP contribution is 2.43. The lowest BCUT2D eigenvalue weighted by atomic mass is 9.93. The number of benzene rings is 4. The van der Waals surface area contributed by atoms with Crippen molar-refractivity contribution in [3.05, 3.63) is 111 Å². The Kier molecular flexibility index (Phi) is 10.7. The first kappa shape index (κ1) is 34.6. The average Bonchev–Trinajstić information content (AvgIpc) is 3.00. The highest BCUT2D eigenvalue weighted by atomic mass is 35.5. The van der Waals surface area contributed by atoms with Crippen LogP contribution < -0.4 is 27.4 Å². The summed E-state index contributed by atoms with van der Waals surface area (Å²) in [5.41, 5.74) is 13.8. The molecule has 0 fully saturated rings. The smallest absolute Gasteiger partial charge is 0.416 e. The number of anilines is 2. The number of phenols is 1. The molecule has 4 aromatic carbocycles. The van der Waals surface area contributed by atoms with E-state index >= 15 is 0 Å². The van der Waals surface area contributed by atoms with Gasteiger partial charge in [-0.3, -0.25) is 15.0 Å². The normalized spacial score (nSPS) is 11.3. The largest absolute Gasteiger partial charge is 0.505 e. The SMILES string of the molecule is CC(C)Nc1cc(Cl)c(-c2cc(N)cc(C(=O)NCc3cccc(C(F)(F)F)c3)c2)c(CC(=O)NCc2ccc(C(=N)N)cc2)c1O. The first-order chi connectivity index (χ1) is 22.1. The first-order valence-electron chi connectivity index (χ1n) is 14.5. The fourth-order valence-electron chi connectivity index (χ4n) is 4.89. The molecule has 0 radical (unpaired) electrons. The van der Waals surface area contributed by atoms with Gasteiger partial charge in [0.1, 0.15) is 11.6 Å². The van der Waals surface area contributed by atoms with Crippen LogP contribution in [-0.2, 0) is 30.5 Å². The van der Waals surface area contributed by atoms with Crippen molar-refractivity contribution in [2.75, 3.05) is 11.1 Å². The van der Waals surface area contributed by atoms with E-state index < -0.39 is 23.6 Å². The van der Waals surface area contributed by atoms with Gasteiger partial charge in [-0.2, -0.15) is 13.2 Å². The van der Waals surface area contributed by atoms with Crippen molar-refractivity contribution in [2.24, 2.45) is 5.73 Å². The van der Waals surface area contributed by atoms with Crippen molar-refractivity contribution in [1.82, 2.24) is 10.6 Å². The summed E-state index contributed by atoms with van der Waals surface area (Å²) in [4.78, 5) is 26.3. The van der Waals surface area contributed by atoms with Crippen molar-refractivity contribution in [2.45, 2.75) is 45.6 Å². The number of nitrogen functional groups attached to an aromatic ring is 2. The number of rotatable bonds is 11. The lowest BCUT2D eigenvalue weighted by Crippen LogP contribution is -2.25. The number of amidine groups is 1. The van der Waals surface area contributed by atoms with E-state index in [0.717, 1.165) is 17.7 Å². The van der Waals surface area contributed by atoms with Gasteiger partial charge in [-0.05, 0) is 66.9 Å². The Balaban J connectivity index is 1.63. The zero-order valence-corrected chi connectivity index (χ0v) is 26.3. The second kappa shape index (κ2) is 14.5. The van der Waals surface area contributed by atoms with Gasteiger partial charge in [-0.15, -0.1) is 0 Å². The summed E-state index contributed by atoms with van der Waals surface area (Å²) >= 11 is 6.75. The quantitative estimate of drug-likeness (QED) is 0.0435. The van der Waals surface area contributed by atoms with E-state index in [0.29, 0.717) is 16.8 Å². The van der Waals surface area contributed by atoms with Gasteiger partial charge in [0.05, 0.1) is 22.7 Å². The summed E-state index contributed by atoms with van der Waals surface area (Å²) in [5.74, 6) is -1.33. The Hall–Kier alpha value is -5.23. The predicted molar refractivity (Wildman–Crippen MR) is 177 cm³/mol. The topological polar surface area (TPSA) is 166 Å². The molecule has 0 atom stereocenters. The third-order valence-corrected chi connectivity index (χ3v) is 7.40. The molecule has 0 aliphatic rings. The number of nitrogens with one attached hydrogen (secondary N) is 4. The summed E-state index contributed by atoms with van der Waals surface area (Å²) in [7, 11) is 0. The highest BCUT2D eigenvalue weighted by molar-refractivity contribution is 6.34. The summed E-state index contributed by atoms with van der Waals surface area (Å²) in [6.07, 6.45) is -4.81. The monoisotopic (exact) mass is 666 g/mol. The van der Waals surface area contributed by atoms with Crippen LogP contribution >= 0.6 is 11.6 Å². The summed E-state index contributed by atoms with van der Waals surface area (Å²) < 4.78 is 39.4. The van der Waals surface area contributed by atoms with Crippen molar-refractivity contribution < 1.29 is 27.9 Å². The summed E-state index contributed by atoms with van der Waals surface area (Å²) in [5, 5.41) is 27.6. The van der Waals surface area contributed by atoms with Crippen LogP contribution in [0, 0.1) is 5.41 Å². The van der Waals surface area contributed by atoms with Crippen LogP contribution in [0.5, 0.6) is 5.75 Å². The summed E-state index contributed by atoms with van der Waals surface area (Å²) in [6, 6.07) is 17.3. The zero-order chi connectivity index (χ0) is 34.5. The molecule has 4 rings (SSSR count). The number of aromatic hydroxyl groups is 1. The zero-order valence-electron chi connectivity index (χ0n) is 25.6. The van der Waals surface area contributed by atoms with E-state index in [9.17, 15) is 27.9 Å². The van der Waals surface area contributed by atoms with Crippen LogP contribution in [0.25, 0.3) is 11.1 Å². The first-order valence-corrected chi connectivity index (χ1v) is 14.9. The lowest BCUT2D eigenvalue weighted by molar-refractivity contribution is -0.137. The number of amides is 2. The molecule has 0 heterocycles. The summed E-state index contributed by atoms with van der Waals surface area (Å²) in [6.45, 7) is 3.73. The fraction of sp³-hybridized carbons (Fsp3) is 0.206. The standard InChI is InChI=1S/C34H34ClF3N6O3/c1-18(2)44-28-15-27(35)30(26(31(28)46)14-29(45)42-16-19-6-8-21(9-7-19)32(40)41)22-11-23(13-25(39)12-22)33(47)43-17-20-4-3-5-24(10-20)34(36,37)38/h3-13,15,18,44,46H,14,16-17,39H2,1-2H3,(H3,40,41)(H,42,45)(H,43,47). The number of halogens is 4. The van der Waals surface area contributed by atoms with Crippen LogP contribution in [0.1, 0.15) is 52.0 Å². The minimum absolute atomic E-state index is 0.0757. The van der Waals surface area contributed by atoms with Gasteiger partial charge in [0.2, 0.25) is 5.91 Å². The van der Waals surface area contributed by atoms with Crippen LogP contribution in [0.15, 0.2) is 72.8 Å². The van der Waals surface area contributed by atoms with E-state index in [1.165, 1.54) is 36.4 Å². The van der Waals surface area contributed by atoms with Crippen molar-refractivity contribution in [1.29, 1.82) is 5.41 Å². The minimum atomic E-state index is -4.52. The van der Waals surface area contributed by atoms with Crippen LogP contribution in [0.4, 0.5) is 24.5 Å². The molecule has 0 bridgehead atoms. The molecular formula is C34H34ClF3N6O3. The number of nitrogens with two attached hydrogens (primary N) is 2. The number of alkyl halides is 3. The molecular weight excluding hydrogens is 633 g/mol. The Morgan fingerprint density at radius 3 is 2.26 bits per heavy atom. The molecule has 0 saturated heterocycles. The van der Waals surface area contributed by atoms with Gasteiger partial charge in [0.25, 0.3) is 5.91 Å². The molecule has 13 heteroatoms. The van der Waals surface area contributed by atoms with E-state index in [-0.39, 0.29) is 70.1 Å². The van der Waals surface area contributed by atoms with E-state index in [1.807, 2.05) is 13.8 Å². The minimum Gasteiger partial charge on any atom is -0.505 e. The second-order valence-corrected chi connectivity index (χ2v) is 11.6. The maximum Gasteiger partial charge on any atom is 0.416 e. The Bertz CT molecular complexity index is 1810. The molecule has 47 heavy (non-hydrogen) atoms. The van der Waals surface area contributed by atoms with Gasteiger partial charge >= 0.3 is 6.18 Å². The fourth-order valence-corrected chi connectivity index (χ4v) is 5.22. The molecule has 0 saturated carbocycles. The molecule has 0 aliphatic carbocycles. The molecule has 0 spiro atoms. The number of hydrogen-bond donors (Lipinski definition) is 7. The molecule has 2 amide bonds. The molecule has 0 unspecified atom stereocenters. The Morgan fingerprint density at radius 2 is 1.62 bits per heavy atom. The van der Waals surface area contributed by atoms with Gasteiger partial charge in [0.15, 0.2) is 0 Å². The maximum absolute atomic E-state index is 13.2. The molecule has 0 aromatic heterocycles. The average molecular weight is 667 g/mol. The van der Waals surface area contributed by atoms with Crippen LogP contribution in [-0.4, -0.2) is 28.8 Å². The Morgan fingerprint density at radius 1 is 0.936 bits per heavy atom. The molecule has 9 nitrogen and oxygen atoms in total. The second-order valence-electron chi connectivity index (χ2n) is 11.2. The van der Waals surface area contributed by atoms with Crippen molar-refractivity contribution >= 4 is 40.6 Å². The predicted octanol–water partition coefficient (Wildman–Crippen LogP) is 6.21. The molecule has 0 aliphatic heterocycles. The van der Waals surface area contributed by atoms with Crippen molar-refractivity contribution in [3.8, 4) is 16.9 Å². The Labute approximate surface area is 274 Å². The van der Waals surface area contributed by atoms with Crippen LogP contribution in [0.3, 0.4) is 0 Å². The van der Waals surface area contributed by atoms with E-state index in [4.69, 9.17) is 28.5 Å². The third kappa shape index (κ3) is 8.95. The van der Waals surface area contributed by atoms with Gasteiger partial charge in [-0.25, -0.2) is 0 Å². The third-order valence-electron chi connectivity index (χ3n) is 7.10. The number of carbonyl (C=O) groups excluding carboxylic acids is 2. The van der Waals surface area contributed by atoms with Gasteiger partial charge in [0, 0.05) is 47.1 Å². The number of carbonyl (C=O) groups is 2. The molecule has 246 valence electrons. The van der Waals surface area contributed by atoms with Crippen molar-refractivity contribution in [3.63, 3.8) is 0 Å². The van der Waals surface area contributed by atoms with Gasteiger partial charge < -0.3 is 32.5 Å². The van der Waals surface area contributed by atoms with E-state index in [1.54, 1.807) is 24.3 Å². The molecule has 9 N–H and O–H groups in total.